The van der Waals surface area contributed by atoms with Crippen molar-refractivity contribution in [2.24, 2.45) is 11.8 Å². The molecule has 2 heteroatoms. The first-order valence-electron chi connectivity index (χ1n) is 5.33. The van der Waals surface area contributed by atoms with Crippen molar-refractivity contribution >= 4 is 0 Å². The predicted molar refractivity (Wildman–Crippen MR) is 49.5 cm³/mol. The van der Waals surface area contributed by atoms with Gasteiger partial charge in [-0.1, -0.05) is 12.2 Å². The highest BCUT2D eigenvalue weighted by Crippen LogP contribution is 2.41. The van der Waals surface area contributed by atoms with Crippen LogP contribution < -0.4 is 0 Å². The van der Waals surface area contributed by atoms with Gasteiger partial charge in [0.25, 0.3) is 0 Å². The molecule has 1 heterocycles. The Morgan fingerprint density at radius 2 is 2.23 bits per heavy atom. The summed E-state index contributed by atoms with van der Waals surface area (Å²) < 4.78 is 11.3. The maximum atomic E-state index is 6.03. The molecule has 4 atom stereocenters. The quantitative estimate of drug-likeness (QED) is 0.603. The Hall–Kier alpha value is -0.340. The van der Waals surface area contributed by atoms with E-state index in [-0.39, 0.29) is 0 Å². The van der Waals surface area contributed by atoms with Crippen molar-refractivity contribution in [1.29, 1.82) is 0 Å². The zero-order valence-electron chi connectivity index (χ0n) is 7.82. The van der Waals surface area contributed by atoms with Crippen LogP contribution in [-0.2, 0) is 9.47 Å². The van der Waals surface area contributed by atoms with Crippen LogP contribution in [0.5, 0.6) is 0 Å². The maximum Gasteiger partial charge on any atom is 0.0834 e. The number of ether oxygens (including phenoxy) is 2. The third-order valence-electron chi connectivity index (χ3n) is 3.47. The Morgan fingerprint density at radius 3 is 2.85 bits per heavy atom. The Morgan fingerprint density at radius 1 is 1.23 bits per heavy atom. The van der Waals surface area contributed by atoms with Crippen LogP contribution >= 0.6 is 0 Å². The molecule has 72 valence electrons. The lowest BCUT2D eigenvalue weighted by atomic mass is 10.0. The molecule has 13 heavy (non-hydrogen) atoms. The zero-order valence-corrected chi connectivity index (χ0v) is 7.82. The zero-order chi connectivity index (χ0) is 8.67. The molecule has 3 rings (SSSR count). The second-order valence-corrected chi connectivity index (χ2v) is 4.44. The van der Waals surface area contributed by atoms with E-state index in [0.29, 0.717) is 18.1 Å². The summed E-state index contributed by atoms with van der Waals surface area (Å²) >= 11 is 0. The van der Waals surface area contributed by atoms with Gasteiger partial charge in [-0.3, -0.25) is 0 Å². The molecule has 2 bridgehead atoms. The fourth-order valence-electron chi connectivity index (χ4n) is 2.75. The molecule has 1 aliphatic heterocycles. The van der Waals surface area contributed by atoms with Gasteiger partial charge in [-0.15, -0.1) is 0 Å². The van der Waals surface area contributed by atoms with Crippen molar-refractivity contribution in [1.82, 2.24) is 0 Å². The second-order valence-electron chi connectivity index (χ2n) is 4.44. The standard InChI is InChI=1S/C11H16O2/c1-2-9-5-8(1)6-11(9)13-10-3-4-12-7-10/h1-2,8-11H,3-7H2. The number of hydrogen-bond acceptors (Lipinski definition) is 2. The summed E-state index contributed by atoms with van der Waals surface area (Å²) in [6.45, 7) is 1.71. The molecule has 3 aliphatic rings. The van der Waals surface area contributed by atoms with Crippen molar-refractivity contribution < 1.29 is 9.47 Å². The van der Waals surface area contributed by atoms with E-state index in [1.54, 1.807) is 0 Å². The van der Waals surface area contributed by atoms with Gasteiger partial charge in [-0.25, -0.2) is 0 Å². The summed E-state index contributed by atoms with van der Waals surface area (Å²) in [5.74, 6) is 1.53. The van der Waals surface area contributed by atoms with E-state index in [2.05, 4.69) is 12.2 Å². The van der Waals surface area contributed by atoms with Crippen LogP contribution in [-0.4, -0.2) is 25.4 Å². The van der Waals surface area contributed by atoms with Crippen molar-refractivity contribution in [2.45, 2.75) is 31.5 Å². The second kappa shape index (κ2) is 3.10. The number of allylic oxidation sites excluding steroid dienone is 1. The van der Waals surface area contributed by atoms with Gasteiger partial charge in [0.2, 0.25) is 0 Å². The summed E-state index contributed by atoms with van der Waals surface area (Å²) in [5, 5.41) is 0. The maximum absolute atomic E-state index is 6.03. The van der Waals surface area contributed by atoms with E-state index in [4.69, 9.17) is 9.47 Å². The first kappa shape index (κ1) is 8.01. The minimum absolute atomic E-state index is 0.387. The van der Waals surface area contributed by atoms with Gasteiger partial charge in [0.05, 0.1) is 18.8 Å². The molecule has 0 aromatic heterocycles. The van der Waals surface area contributed by atoms with Crippen LogP contribution in [0.1, 0.15) is 19.3 Å². The van der Waals surface area contributed by atoms with Crippen molar-refractivity contribution in [3.63, 3.8) is 0 Å². The van der Waals surface area contributed by atoms with E-state index in [0.717, 1.165) is 25.6 Å². The van der Waals surface area contributed by atoms with Gasteiger partial charge in [-0.2, -0.15) is 0 Å². The van der Waals surface area contributed by atoms with Gasteiger partial charge in [0, 0.05) is 12.5 Å². The molecular weight excluding hydrogens is 164 g/mol. The fourth-order valence-corrected chi connectivity index (χ4v) is 2.75. The molecular formula is C11H16O2. The van der Waals surface area contributed by atoms with Crippen LogP contribution in [0.3, 0.4) is 0 Å². The van der Waals surface area contributed by atoms with E-state index in [9.17, 15) is 0 Å². The monoisotopic (exact) mass is 180 g/mol. The average molecular weight is 180 g/mol. The third kappa shape index (κ3) is 1.42. The highest BCUT2D eigenvalue weighted by atomic mass is 16.6. The molecule has 0 aromatic rings. The SMILES string of the molecule is C1=CC2CC1CC2OC1CCOC1. The topological polar surface area (TPSA) is 18.5 Å². The predicted octanol–water partition coefficient (Wildman–Crippen LogP) is 1.76. The molecule has 4 unspecified atom stereocenters. The molecule has 0 N–H and O–H groups in total. The summed E-state index contributed by atoms with van der Waals surface area (Å²) in [4.78, 5) is 0. The van der Waals surface area contributed by atoms with Gasteiger partial charge in [0.1, 0.15) is 0 Å². The lowest BCUT2D eigenvalue weighted by Crippen LogP contribution is -2.25. The number of fused-ring (bicyclic) bond motifs is 2. The Kier molecular flexibility index (Phi) is 1.91. The Labute approximate surface area is 78.9 Å². The molecule has 0 radical (unpaired) electrons. The number of rotatable bonds is 2. The van der Waals surface area contributed by atoms with Crippen molar-refractivity contribution in [2.75, 3.05) is 13.2 Å². The van der Waals surface area contributed by atoms with Crippen LogP contribution in [0.15, 0.2) is 12.2 Å². The molecule has 0 spiro atoms. The fraction of sp³-hybridized carbons (Fsp3) is 0.818. The molecule has 2 nitrogen and oxygen atoms in total. The molecule has 1 saturated heterocycles. The Bertz CT molecular complexity index is 218. The smallest absolute Gasteiger partial charge is 0.0834 e. The van der Waals surface area contributed by atoms with Gasteiger partial charge in [0.15, 0.2) is 0 Å². The number of hydrogen-bond donors (Lipinski definition) is 0. The van der Waals surface area contributed by atoms with E-state index < -0.39 is 0 Å². The minimum atomic E-state index is 0.387. The van der Waals surface area contributed by atoms with Crippen LogP contribution in [0.2, 0.25) is 0 Å². The van der Waals surface area contributed by atoms with Crippen LogP contribution in [0.25, 0.3) is 0 Å². The Balaban J connectivity index is 1.58. The lowest BCUT2D eigenvalue weighted by molar-refractivity contribution is -0.0272. The largest absolute Gasteiger partial charge is 0.379 e. The van der Waals surface area contributed by atoms with Crippen molar-refractivity contribution in [3.05, 3.63) is 12.2 Å². The molecule has 2 aliphatic carbocycles. The van der Waals surface area contributed by atoms with Crippen molar-refractivity contribution in [3.8, 4) is 0 Å². The molecule has 2 fully saturated rings. The molecule has 0 amide bonds. The molecule has 1 saturated carbocycles. The summed E-state index contributed by atoms with van der Waals surface area (Å²) in [6.07, 6.45) is 9.26. The summed E-state index contributed by atoms with van der Waals surface area (Å²) in [6, 6.07) is 0. The molecule has 0 aromatic carbocycles. The summed E-state index contributed by atoms with van der Waals surface area (Å²) in [7, 11) is 0. The first-order valence-corrected chi connectivity index (χ1v) is 5.33. The van der Waals surface area contributed by atoms with Gasteiger partial charge < -0.3 is 9.47 Å². The van der Waals surface area contributed by atoms with Crippen LogP contribution in [0.4, 0.5) is 0 Å². The van der Waals surface area contributed by atoms with E-state index in [1.807, 2.05) is 0 Å². The van der Waals surface area contributed by atoms with Gasteiger partial charge in [-0.05, 0) is 25.2 Å². The van der Waals surface area contributed by atoms with Gasteiger partial charge >= 0.3 is 0 Å². The highest BCUT2D eigenvalue weighted by Gasteiger charge is 2.37. The average Bonchev–Trinajstić information content (AvgIpc) is 2.77. The van der Waals surface area contributed by atoms with E-state index in [1.165, 1.54) is 12.8 Å². The lowest BCUT2D eigenvalue weighted by Gasteiger charge is -2.22. The first-order chi connectivity index (χ1) is 6.42. The minimum Gasteiger partial charge on any atom is -0.379 e. The van der Waals surface area contributed by atoms with E-state index >= 15 is 0 Å². The summed E-state index contributed by atoms with van der Waals surface area (Å²) in [5.41, 5.74) is 0. The van der Waals surface area contributed by atoms with Crippen LogP contribution in [0, 0.1) is 11.8 Å². The highest BCUT2D eigenvalue weighted by molar-refractivity contribution is 5.11. The normalized spacial score (nSPS) is 47.7. The third-order valence-corrected chi connectivity index (χ3v) is 3.47.